The molecule has 0 bridgehead atoms. The lowest BCUT2D eigenvalue weighted by molar-refractivity contribution is 0.309. The topological polar surface area (TPSA) is 70.0 Å². The summed E-state index contributed by atoms with van der Waals surface area (Å²) in [6, 6.07) is 9.66. The second-order valence-electron chi connectivity index (χ2n) is 5.16. The van der Waals surface area contributed by atoms with Crippen molar-refractivity contribution >= 4 is 15.7 Å². The van der Waals surface area contributed by atoms with E-state index in [1.54, 1.807) is 0 Å². The Kier molecular flexibility index (Phi) is 4.77. The maximum absolute atomic E-state index is 12.4. The molecule has 2 rings (SSSR count). The lowest BCUT2D eigenvalue weighted by Gasteiger charge is -2.27. The van der Waals surface area contributed by atoms with Crippen molar-refractivity contribution in [3.63, 3.8) is 0 Å². The van der Waals surface area contributed by atoms with Crippen LogP contribution in [0.3, 0.4) is 0 Å². The van der Waals surface area contributed by atoms with E-state index in [0.29, 0.717) is 31.6 Å². The third kappa shape index (κ3) is 3.58. The van der Waals surface area contributed by atoms with Crippen LogP contribution >= 0.6 is 0 Å². The minimum Gasteiger partial charge on any atom is -0.411 e. The molecule has 1 aliphatic rings. The molecule has 1 atom stereocenters. The molecule has 6 heteroatoms. The monoisotopic (exact) mass is 296 g/mol. The number of oxime groups is 1. The average molecular weight is 296 g/mol. The van der Waals surface area contributed by atoms with Gasteiger partial charge in [-0.15, -0.1) is 0 Å². The summed E-state index contributed by atoms with van der Waals surface area (Å²) in [5, 5.41) is 11.9. The summed E-state index contributed by atoms with van der Waals surface area (Å²) in [4.78, 5) is 0. The van der Waals surface area contributed by atoms with E-state index in [4.69, 9.17) is 5.21 Å². The summed E-state index contributed by atoms with van der Waals surface area (Å²) in [5.41, 5.74) is 1.71. The maximum atomic E-state index is 12.4. The normalized spacial score (nSPS) is 18.8. The van der Waals surface area contributed by atoms with Gasteiger partial charge in [-0.3, -0.25) is 0 Å². The lowest BCUT2D eigenvalue weighted by Crippen LogP contribution is -2.40. The Balaban J connectivity index is 2.01. The third-order valence-electron chi connectivity index (χ3n) is 3.66. The Labute approximate surface area is 120 Å². The van der Waals surface area contributed by atoms with E-state index in [0.717, 1.165) is 5.56 Å². The standard InChI is InChI=1S/C14H20N2O3S/c1-12(13-5-3-2-4-6-13)11-20(18,19)16-9-7-14(15-17)8-10-16/h2-6,12,17H,7-11H2,1H3. The van der Waals surface area contributed by atoms with E-state index in [2.05, 4.69) is 5.16 Å². The number of nitrogens with zero attached hydrogens (tertiary/aromatic N) is 2. The smallest absolute Gasteiger partial charge is 0.214 e. The molecule has 0 amide bonds. The second-order valence-corrected chi connectivity index (χ2v) is 7.17. The van der Waals surface area contributed by atoms with Crippen LogP contribution in [0.15, 0.2) is 35.5 Å². The SMILES string of the molecule is CC(CS(=O)(=O)N1CCC(=NO)CC1)c1ccccc1. The van der Waals surface area contributed by atoms with Gasteiger partial charge in [-0.2, -0.15) is 0 Å². The Hall–Kier alpha value is -1.40. The highest BCUT2D eigenvalue weighted by Gasteiger charge is 2.28. The Bertz CT molecular complexity index is 559. The first kappa shape index (κ1) is 15.0. The van der Waals surface area contributed by atoms with Crippen LogP contribution in [0.5, 0.6) is 0 Å². The molecule has 110 valence electrons. The minimum atomic E-state index is -3.27. The van der Waals surface area contributed by atoms with Crippen LogP contribution in [0.4, 0.5) is 0 Å². The van der Waals surface area contributed by atoms with E-state index >= 15 is 0 Å². The van der Waals surface area contributed by atoms with Crippen molar-refractivity contribution in [2.45, 2.75) is 25.7 Å². The number of hydrogen-bond donors (Lipinski definition) is 1. The van der Waals surface area contributed by atoms with Crippen LogP contribution < -0.4 is 0 Å². The van der Waals surface area contributed by atoms with E-state index < -0.39 is 10.0 Å². The molecule has 0 radical (unpaired) electrons. The molecule has 1 aromatic carbocycles. The second kappa shape index (κ2) is 6.37. The highest BCUT2D eigenvalue weighted by atomic mass is 32.2. The molecule has 0 spiro atoms. The van der Waals surface area contributed by atoms with Crippen LogP contribution in [0.2, 0.25) is 0 Å². The average Bonchev–Trinajstić information content (AvgIpc) is 2.48. The largest absolute Gasteiger partial charge is 0.411 e. The van der Waals surface area contributed by atoms with Gasteiger partial charge in [-0.1, -0.05) is 42.4 Å². The Morgan fingerprint density at radius 2 is 1.85 bits per heavy atom. The van der Waals surface area contributed by atoms with Gasteiger partial charge in [-0.25, -0.2) is 12.7 Å². The molecule has 1 aromatic rings. The van der Waals surface area contributed by atoms with Crippen molar-refractivity contribution in [1.29, 1.82) is 0 Å². The number of benzene rings is 1. The summed E-state index contributed by atoms with van der Waals surface area (Å²) >= 11 is 0. The predicted octanol–water partition coefficient (Wildman–Crippen LogP) is 2.05. The first-order valence-electron chi connectivity index (χ1n) is 6.75. The fourth-order valence-electron chi connectivity index (χ4n) is 2.42. The van der Waals surface area contributed by atoms with E-state index in [9.17, 15) is 8.42 Å². The summed E-state index contributed by atoms with van der Waals surface area (Å²) in [6.45, 7) is 2.74. The van der Waals surface area contributed by atoms with Gasteiger partial charge in [-0.05, 0) is 11.5 Å². The molecule has 1 N–H and O–H groups in total. The molecule has 20 heavy (non-hydrogen) atoms. The van der Waals surface area contributed by atoms with Crippen LogP contribution in [-0.2, 0) is 10.0 Å². The van der Waals surface area contributed by atoms with E-state index in [1.165, 1.54) is 4.31 Å². The van der Waals surface area contributed by atoms with E-state index in [1.807, 2.05) is 37.3 Å². The molecule has 0 aromatic heterocycles. The van der Waals surface area contributed by atoms with Gasteiger partial charge in [0.2, 0.25) is 10.0 Å². The molecule has 1 fully saturated rings. The first-order valence-corrected chi connectivity index (χ1v) is 8.36. The van der Waals surface area contributed by atoms with Crippen LogP contribution in [-0.4, -0.2) is 42.5 Å². The van der Waals surface area contributed by atoms with Crippen molar-refractivity contribution in [1.82, 2.24) is 4.31 Å². The van der Waals surface area contributed by atoms with Crippen molar-refractivity contribution in [3.05, 3.63) is 35.9 Å². The number of rotatable bonds is 4. The molecule has 0 aliphatic carbocycles. The van der Waals surface area contributed by atoms with Crippen molar-refractivity contribution in [2.24, 2.45) is 5.16 Å². The lowest BCUT2D eigenvalue weighted by atomic mass is 10.0. The summed E-state index contributed by atoms with van der Waals surface area (Å²) < 4.78 is 26.3. The molecular formula is C14H20N2O3S. The third-order valence-corrected chi connectivity index (χ3v) is 5.74. The Morgan fingerprint density at radius 1 is 1.25 bits per heavy atom. The zero-order chi connectivity index (χ0) is 14.6. The predicted molar refractivity (Wildman–Crippen MR) is 78.7 cm³/mol. The van der Waals surface area contributed by atoms with Crippen LogP contribution in [0.25, 0.3) is 0 Å². The summed E-state index contributed by atoms with van der Waals surface area (Å²) in [7, 11) is -3.27. The zero-order valence-electron chi connectivity index (χ0n) is 11.6. The zero-order valence-corrected chi connectivity index (χ0v) is 12.4. The van der Waals surface area contributed by atoms with Gasteiger partial charge in [0.15, 0.2) is 0 Å². The van der Waals surface area contributed by atoms with Crippen molar-refractivity contribution in [3.8, 4) is 0 Å². The summed E-state index contributed by atoms with van der Waals surface area (Å²) in [5.74, 6) is 0.0805. The molecule has 0 saturated carbocycles. The van der Waals surface area contributed by atoms with Crippen LogP contribution in [0.1, 0.15) is 31.2 Å². The molecule has 1 heterocycles. The van der Waals surface area contributed by atoms with Crippen molar-refractivity contribution < 1.29 is 13.6 Å². The maximum Gasteiger partial charge on any atom is 0.214 e. The van der Waals surface area contributed by atoms with Gasteiger partial charge < -0.3 is 5.21 Å². The quantitative estimate of drug-likeness (QED) is 0.683. The molecule has 5 nitrogen and oxygen atoms in total. The van der Waals surface area contributed by atoms with Gasteiger partial charge in [0.1, 0.15) is 0 Å². The van der Waals surface area contributed by atoms with Gasteiger partial charge in [0.25, 0.3) is 0 Å². The fraction of sp³-hybridized carbons (Fsp3) is 0.500. The molecular weight excluding hydrogens is 276 g/mol. The number of sulfonamides is 1. The van der Waals surface area contributed by atoms with E-state index in [-0.39, 0.29) is 11.7 Å². The van der Waals surface area contributed by atoms with Gasteiger partial charge >= 0.3 is 0 Å². The minimum absolute atomic E-state index is 0.0332. The fourth-order valence-corrected chi connectivity index (χ4v) is 4.20. The van der Waals surface area contributed by atoms with Crippen molar-refractivity contribution in [2.75, 3.05) is 18.8 Å². The first-order chi connectivity index (χ1) is 9.53. The molecule has 1 unspecified atom stereocenters. The van der Waals surface area contributed by atoms with Gasteiger partial charge in [0.05, 0.1) is 11.5 Å². The van der Waals surface area contributed by atoms with Crippen LogP contribution in [0, 0.1) is 0 Å². The highest BCUT2D eigenvalue weighted by Crippen LogP contribution is 2.20. The number of hydrogen-bond acceptors (Lipinski definition) is 4. The summed E-state index contributed by atoms with van der Waals surface area (Å²) in [6.07, 6.45) is 1.02. The molecule has 1 saturated heterocycles. The highest BCUT2D eigenvalue weighted by molar-refractivity contribution is 7.89. The number of piperidine rings is 1. The van der Waals surface area contributed by atoms with Gasteiger partial charge in [0, 0.05) is 25.9 Å². The Morgan fingerprint density at radius 3 is 2.40 bits per heavy atom. The molecule has 1 aliphatic heterocycles.